The molecule has 0 unspecified atom stereocenters. The molecule has 2 N–H and O–H groups in total. The summed E-state index contributed by atoms with van der Waals surface area (Å²) in [5.74, 6) is 1.96. The lowest BCUT2D eigenvalue weighted by Crippen LogP contribution is -2.35. The highest BCUT2D eigenvalue weighted by Crippen LogP contribution is 2.03. The first-order valence-electron chi connectivity index (χ1n) is 6.02. The van der Waals surface area contributed by atoms with Crippen LogP contribution >= 0.6 is 0 Å². The zero-order chi connectivity index (χ0) is 12.7. The number of nitrogens with zero attached hydrogens (tertiary/aromatic N) is 1. The fourth-order valence-corrected chi connectivity index (χ4v) is 1.26. The van der Waals surface area contributed by atoms with Crippen molar-refractivity contribution in [2.24, 2.45) is 5.92 Å². The minimum Gasteiger partial charge on any atom is -0.444 e. The molecular weight excluding hydrogens is 218 g/mol. The summed E-state index contributed by atoms with van der Waals surface area (Å²) in [5, 5.41) is 5.83. The van der Waals surface area contributed by atoms with E-state index in [0.717, 1.165) is 12.2 Å². The summed E-state index contributed by atoms with van der Waals surface area (Å²) in [5.41, 5.74) is 0. The van der Waals surface area contributed by atoms with E-state index in [0.29, 0.717) is 24.9 Å². The molecule has 1 amide bonds. The van der Waals surface area contributed by atoms with E-state index in [9.17, 15) is 4.79 Å². The van der Waals surface area contributed by atoms with Gasteiger partial charge >= 0.3 is 0 Å². The Morgan fingerprint density at radius 1 is 1.53 bits per heavy atom. The Hall–Kier alpha value is -1.36. The zero-order valence-electron chi connectivity index (χ0n) is 10.7. The van der Waals surface area contributed by atoms with Crippen LogP contribution in [0.2, 0.25) is 0 Å². The molecule has 1 aromatic heterocycles. The molecule has 0 spiro atoms. The predicted molar refractivity (Wildman–Crippen MR) is 65.4 cm³/mol. The van der Waals surface area contributed by atoms with E-state index in [1.54, 1.807) is 6.20 Å². The Labute approximate surface area is 102 Å². The van der Waals surface area contributed by atoms with Crippen molar-refractivity contribution in [3.8, 4) is 0 Å². The maximum atomic E-state index is 11.4. The molecule has 0 aliphatic carbocycles. The molecular formula is C12H21N3O2. The second-order valence-corrected chi connectivity index (χ2v) is 4.38. The van der Waals surface area contributed by atoms with Crippen LogP contribution in [0.15, 0.2) is 10.6 Å². The Kier molecular flexibility index (Phi) is 5.69. The van der Waals surface area contributed by atoms with Gasteiger partial charge in [-0.2, -0.15) is 0 Å². The molecule has 1 rings (SSSR count). The van der Waals surface area contributed by atoms with E-state index in [2.05, 4.69) is 29.5 Å². The van der Waals surface area contributed by atoms with Crippen molar-refractivity contribution in [2.75, 3.05) is 13.1 Å². The van der Waals surface area contributed by atoms with Gasteiger partial charge in [-0.05, 0) is 5.92 Å². The minimum absolute atomic E-state index is 0.000899. The first-order valence-corrected chi connectivity index (χ1v) is 6.02. The highest BCUT2D eigenvalue weighted by molar-refractivity contribution is 5.77. The summed E-state index contributed by atoms with van der Waals surface area (Å²) < 4.78 is 5.41. The van der Waals surface area contributed by atoms with Gasteiger partial charge in [-0.15, -0.1) is 0 Å². The first-order chi connectivity index (χ1) is 8.11. The van der Waals surface area contributed by atoms with Crippen molar-refractivity contribution < 1.29 is 9.21 Å². The highest BCUT2D eigenvalue weighted by Gasteiger charge is 2.04. The van der Waals surface area contributed by atoms with Crippen LogP contribution in [-0.2, 0) is 17.8 Å². The van der Waals surface area contributed by atoms with Gasteiger partial charge in [0.25, 0.3) is 0 Å². The molecule has 1 aromatic rings. The Balaban J connectivity index is 2.16. The molecule has 0 aliphatic rings. The lowest BCUT2D eigenvalue weighted by molar-refractivity contribution is -0.120. The third-order valence-corrected chi connectivity index (χ3v) is 2.22. The van der Waals surface area contributed by atoms with E-state index in [1.165, 1.54) is 0 Å². The van der Waals surface area contributed by atoms with E-state index < -0.39 is 0 Å². The molecule has 0 saturated heterocycles. The summed E-state index contributed by atoms with van der Waals surface area (Å²) in [7, 11) is 0. The molecule has 5 nitrogen and oxygen atoms in total. The normalized spacial score (nSPS) is 10.8. The van der Waals surface area contributed by atoms with Crippen LogP contribution in [0, 0.1) is 5.92 Å². The Morgan fingerprint density at radius 2 is 2.29 bits per heavy atom. The van der Waals surface area contributed by atoms with Crippen LogP contribution in [0.25, 0.3) is 0 Å². The smallest absolute Gasteiger partial charge is 0.233 e. The van der Waals surface area contributed by atoms with Crippen LogP contribution in [0.1, 0.15) is 32.4 Å². The third kappa shape index (κ3) is 5.49. The average Bonchev–Trinajstić information content (AvgIpc) is 2.74. The lowest BCUT2D eigenvalue weighted by atomic mass is 10.2. The minimum atomic E-state index is 0.000899. The van der Waals surface area contributed by atoms with Crippen molar-refractivity contribution in [3.05, 3.63) is 17.8 Å². The summed E-state index contributed by atoms with van der Waals surface area (Å²) in [6, 6.07) is 0. The molecule has 0 radical (unpaired) electrons. The molecule has 0 atom stereocenters. The van der Waals surface area contributed by atoms with Crippen molar-refractivity contribution in [1.29, 1.82) is 0 Å². The molecule has 0 fully saturated rings. The SMILES string of the molecule is CCc1cnc(CNCC(=O)NCC(C)C)o1. The number of nitrogens with one attached hydrogen (secondary N) is 2. The number of aromatic nitrogens is 1. The van der Waals surface area contributed by atoms with Crippen molar-refractivity contribution in [2.45, 2.75) is 33.7 Å². The maximum Gasteiger partial charge on any atom is 0.233 e. The van der Waals surface area contributed by atoms with Gasteiger partial charge in [-0.3, -0.25) is 10.1 Å². The van der Waals surface area contributed by atoms with E-state index in [1.807, 2.05) is 6.92 Å². The monoisotopic (exact) mass is 239 g/mol. The Bertz CT molecular complexity index is 347. The summed E-state index contributed by atoms with van der Waals surface area (Å²) in [6.45, 7) is 7.61. The molecule has 0 bridgehead atoms. The molecule has 0 aliphatic heterocycles. The van der Waals surface area contributed by atoms with Gasteiger partial charge in [-0.1, -0.05) is 20.8 Å². The first kappa shape index (κ1) is 13.7. The maximum absolute atomic E-state index is 11.4. The van der Waals surface area contributed by atoms with E-state index >= 15 is 0 Å². The van der Waals surface area contributed by atoms with Crippen LogP contribution in [0.4, 0.5) is 0 Å². The van der Waals surface area contributed by atoms with Crippen LogP contribution in [-0.4, -0.2) is 24.0 Å². The van der Waals surface area contributed by atoms with Gasteiger partial charge in [0.15, 0.2) is 0 Å². The molecule has 0 aromatic carbocycles. The largest absolute Gasteiger partial charge is 0.444 e. The number of oxazole rings is 1. The lowest BCUT2D eigenvalue weighted by Gasteiger charge is -2.07. The fourth-order valence-electron chi connectivity index (χ4n) is 1.26. The number of carbonyl (C=O) groups is 1. The van der Waals surface area contributed by atoms with Gasteiger partial charge in [0.05, 0.1) is 19.3 Å². The standard InChI is InChI=1S/C12H21N3O2/c1-4-10-6-15-12(17-10)8-13-7-11(16)14-5-9(2)3/h6,9,13H,4-5,7-8H2,1-3H3,(H,14,16). The van der Waals surface area contributed by atoms with Crippen LogP contribution in [0.5, 0.6) is 0 Å². The summed E-state index contributed by atoms with van der Waals surface area (Å²) in [4.78, 5) is 15.5. The fraction of sp³-hybridized carbons (Fsp3) is 0.667. The van der Waals surface area contributed by atoms with Gasteiger partial charge in [0.1, 0.15) is 5.76 Å². The van der Waals surface area contributed by atoms with Gasteiger partial charge in [0, 0.05) is 13.0 Å². The number of hydrogen-bond donors (Lipinski definition) is 2. The second kappa shape index (κ2) is 7.06. The van der Waals surface area contributed by atoms with Gasteiger partial charge in [0.2, 0.25) is 11.8 Å². The topological polar surface area (TPSA) is 67.2 Å². The van der Waals surface area contributed by atoms with Crippen molar-refractivity contribution >= 4 is 5.91 Å². The Morgan fingerprint density at radius 3 is 2.88 bits per heavy atom. The molecule has 5 heteroatoms. The third-order valence-electron chi connectivity index (χ3n) is 2.22. The zero-order valence-corrected chi connectivity index (χ0v) is 10.7. The molecule has 0 saturated carbocycles. The van der Waals surface area contributed by atoms with Gasteiger partial charge < -0.3 is 9.73 Å². The van der Waals surface area contributed by atoms with Gasteiger partial charge in [-0.25, -0.2) is 4.98 Å². The number of amides is 1. The van der Waals surface area contributed by atoms with E-state index in [-0.39, 0.29) is 12.5 Å². The number of aryl methyl sites for hydroxylation is 1. The quantitative estimate of drug-likeness (QED) is 0.747. The van der Waals surface area contributed by atoms with E-state index in [4.69, 9.17) is 4.42 Å². The number of carbonyl (C=O) groups excluding carboxylic acids is 1. The predicted octanol–water partition coefficient (Wildman–Crippen LogP) is 1.10. The summed E-state index contributed by atoms with van der Waals surface area (Å²) >= 11 is 0. The highest BCUT2D eigenvalue weighted by atomic mass is 16.4. The van der Waals surface area contributed by atoms with Crippen molar-refractivity contribution in [1.82, 2.24) is 15.6 Å². The van der Waals surface area contributed by atoms with Crippen LogP contribution in [0.3, 0.4) is 0 Å². The second-order valence-electron chi connectivity index (χ2n) is 4.38. The van der Waals surface area contributed by atoms with Crippen LogP contribution < -0.4 is 10.6 Å². The molecule has 1 heterocycles. The number of rotatable bonds is 7. The van der Waals surface area contributed by atoms with Crippen molar-refractivity contribution in [3.63, 3.8) is 0 Å². The number of hydrogen-bond acceptors (Lipinski definition) is 4. The average molecular weight is 239 g/mol. The molecule has 96 valence electrons. The molecule has 17 heavy (non-hydrogen) atoms. The summed E-state index contributed by atoms with van der Waals surface area (Å²) in [6.07, 6.45) is 2.55.